The highest BCUT2D eigenvalue weighted by atomic mass is 32.2. The number of carbonyl (C=O) groups is 3. The Balaban J connectivity index is 3.61. The second kappa shape index (κ2) is 11.0. The van der Waals surface area contributed by atoms with E-state index in [2.05, 4.69) is 10.6 Å². The molecule has 1 aliphatic rings. The van der Waals surface area contributed by atoms with Gasteiger partial charge in [0.25, 0.3) is 10.1 Å². The molecule has 0 bridgehead atoms. The lowest BCUT2D eigenvalue weighted by Gasteiger charge is -2.43. The quantitative estimate of drug-likeness (QED) is 0.384. The highest BCUT2D eigenvalue weighted by Crippen LogP contribution is 2.42. The molecule has 3 N–H and O–H groups in total. The minimum Gasteiger partial charge on any atom is -0.481 e. The van der Waals surface area contributed by atoms with Crippen LogP contribution < -0.4 is 10.6 Å². The lowest BCUT2D eigenvalue weighted by atomic mass is 9.78. The molecule has 0 aromatic carbocycles. The number of alkyl carbamates (subject to hydrolysis) is 1. The van der Waals surface area contributed by atoms with Crippen molar-refractivity contribution in [1.82, 2.24) is 10.6 Å². The normalized spacial score (nSPS) is 26.2. The molecule has 1 saturated carbocycles. The van der Waals surface area contributed by atoms with E-state index in [1.165, 1.54) is 14.0 Å². The van der Waals surface area contributed by atoms with Gasteiger partial charge in [-0.05, 0) is 40.5 Å². The Bertz CT molecular complexity index is 824. The van der Waals surface area contributed by atoms with E-state index in [0.717, 1.165) is 6.26 Å². The standard InChI is InChI=1S/C21H38N2O9S/c1-9-10-21(6,30-7)17(22-12(2)24)15-14(23-19(27)31-20(3,4)5)11-13(18(25)26)16(15)32-33(8,28)29/h13-17H,9-11H2,1-8H3,(H,22,24)(H,23,27)(H,25,26). The van der Waals surface area contributed by atoms with Crippen LogP contribution in [0.25, 0.3) is 0 Å². The van der Waals surface area contributed by atoms with E-state index in [1.807, 2.05) is 6.92 Å². The Morgan fingerprint density at radius 1 is 1.18 bits per heavy atom. The topological polar surface area (TPSA) is 157 Å². The van der Waals surface area contributed by atoms with Gasteiger partial charge in [0.1, 0.15) is 5.60 Å². The molecule has 0 spiro atoms. The molecule has 192 valence electrons. The first-order valence-corrected chi connectivity index (χ1v) is 12.7. The SMILES string of the molecule is CCCC(C)(OC)C(NC(C)=O)C1C(NC(=O)OC(C)(C)C)CC(C(=O)O)C1OS(C)(=O)=O. The summed E-state index contributed by atoms with van der Waals surface area (Å²) in [5, 5.41) is 15.3. The number of ether oxygens (including phenoxy) is 2. The first-order chi connectivity index (χ1) is 14.9. The van der Waals surface area contributed by atoms with E-state index < -0.39 is 69.3 Å². The molecular formula is C21H38N2O9S. The Labute approximate surface area is 196 Å². The fourth-order valence-corrected chi connectivity index (χ4v) is 5.09. The second-order valence-corrected chi connectivity index (χ2v) is 11.3. The van der Waals surface area contributed by atoms with Gasteiger partial charge in [0.15, 0.2) is 0 Å². The van der Waals surface area contributed by atoms with Crippen molar-refractivity contribution < 1.29 is 41.6 Å². The van der Waals surface area contributed by atoms with Gasteiger partial charge in [-0.25, -0.2) is 4.79 Å². The van der Waals surface area contributed by atoms with Crippen molar-refractivity contribution in [1.29, 1.82) is 0 Å². The predicted octanol–water partition coefficient (Wildman–Crippen LogP) is 1.66. The Morgan fingerprint density at radius 2 is 1.76 bits per heavy atom. The molecule has 0 aliphatic heterocycles. The van der Waals surface area contributed by atoms with Gasteiger partial charge >= 0.3 is 12.1 Å². The van der Waals surface area contributed by atoms with Gasteiger partial charge in [-0.2, -0.15) is 8.42 Å². The van der Waals surface area contributed by atoms with Crippen LogP contribution in [0.2, 0.25) is 0 Å². The van der Waals surface area contributed by atoms with E-state index in [9.17, 15) is 27.9 Å². The number of amides is 2. The fourth-order valence-electron chi connectivity index (χ4n) is 4.43. The molecule has 2 amide bonds. The summed E-state index contributed by atoms with van der Waals surface area (Å²) in [4.78, 5) is 36.8. The monoisotopic (exact) mass is 494 g/mol. The minimum atomic E-state index is -4.07. The third-order valence-corrected chi connectivity index (χ3v) is 6.24. The number of hydrogen-bond acceptors (Lipinski definition) is 8. The highest BCUT2D eigenvalue weighted by molar-refractivity contribution is 7.86. The lowest BCUT2D eigenvalue weighted by Crippen LogP contribution is -2.61. The van der Waals surface area contributed by atoms with Gasteiger partial charge in [0, 0.05) is 26.0 Å². The van der Waals surface area contributed by atoms with E-state index >= 15 is 0 Å². The zero-order valence-electron chi connectivity index (χ0n) is 20.6. The largest absolute Gasteiger partial charge is 0.481 e. The maximum atomic E-state index is 12.6. The summed E-state index contributed by atoms with van der Waals surface area (Å²) < 4.78 is 40.5. The van der Waals surface area contributed by atoms with Crippen molar-refractivity contribution in [3.8, 4) is 0 Å². The van der Waals surface area contributed by atoms with Crippen LogP contribution in [0.3, 0.4) is 0 Å². The molecule has 0 heterocycles. The van der Waals surface area contributed by atoms with Gasteiger partial charge in [0.2, 0.25) is 5.91 Å². The van der Waals surface area contributed by atoms with Crippen LogP contribution in [0.4, 0.5) is 4.79 Å². The van der Waals surface area contributed by atoms with Crippen molar-refractivity contribution >= 4 is 28.1 Å². The van der Waals surface area contributed by atoms with Crippen LogP contribution in [0.5, 0.6) is 0 Å². The van der Waals surface area contributed by atoms with Crippen LogP contribution in [0.15, 0.2) is 0 Å². The molecule has 11 nitrogen and oxygen atoms in total. The average Bonchev–Trinajstić information content (AvgIpc) is 2.93. The number of carboxylic acid groups (broad SMARTS) is 1. The van der Waals surface area contributed by atoms with Gasteiger partial charge in [-0.3, -0.25) is 13.8 Å². The van der Waals surface area contributed by atoms with Crippen LogP contribution >= 0.6 is 0 Å². The van der Waals surface area contributed by atoms with Crippen molar-refractivity contribution in [3.63, 3.8) is 0 Å². The van der Waals surface area contributed by atoms with Gasteiger partial charge in [0.05, 0.1) is 29.9 Å². The number of methoxy groups -OCH3 is 1. The molecule has 0 saturated heterocycles. The summed E-state index contributed by atoms with van der Waals surface area (Å²) in [6.07, 6.45) is -0.322. The maximum Gasteiger partial charge on any atom is 0.407 e. The Kier molecular flexibility index (Phi) is 9.71. The lowest BCUT2D eigenvalue weighted by molar-refractivity contribution is -0.145. The van der Waals surface area contributed by atoms with Crippen molar-refractivity contribution in [2.75, 3.05) is 13.4 Å². The number of carbonyl (C=O) groups excluding carboxylic acids is 2. The summed E-state index contributed by atoms with van der Waals surface area (Å²) in [6.45, 7) is 9.99. The van der Waals surface area contributed by atoms with Crippen LogP contribution in [-0.4, -0.2) is 74.2 Å². The van der Waals surface area contributed by atoms with Gasteiger partial charge in [-0.1, -0.05) is 13.3 Å². The summed E-state index contributed by atoms with van der Waals surface area (Å²) in [5.74, 6) is -3.91. The third-order valence-electron chi connectivity index (χ3n) is 5.67. The Hall–Kier alpha value is -1.92. The summed E-state index contributed by atoms with van der Waals surface area (Å²) in [6, 6.07) is -1.76. The van der Waals surface area contributed by atoms with E-state index in [0.29, 0.717) is 12.8 Å². The molecule has 1 aliphatic carbocycles. The van der Waals surface area contributed by atoms with Crippen molar-refractivity contribution in [2.45, 2.75) is 90.2 Å². The van der Waals surface area contributed by atoms with Crippen LogP contribution in [0.1, 0.15) is 60.8 Å². The van der Waals surface area contributed by atoms with E-state index in [4.69, 9.17) is 13.7 Å². The van der Waals surface area contributed by atoms with Crippen LogP contribution in [-0.2, 0) is 33.4 Å². The summed E-state index contributed by atoms with van der Waals surface area (Å²) in [7, 11) is -2.62. The third kappa shape index (κ3) is 8.42. The van der Waals surface area contributed by atoms with Gasteiger partial charge < -0.3 is 25.2 Å². The highest BCUT2D eigenvalue weighted by Gasteiger charge is 2.56. The molecular weight excluding hydrogens is 456 g/mol. The Morgan fingerprint density at radius 3 is 2.15 bits per heavy atom. The second-order valence-electron chi connectivity index (χ2n) is 9.72. The number of aliphatic carboxylic acids is 1. The maximum absolute atomic E-state index is 12.6. The van der Waals surface area contributed by atoms with Crippen molar-refractivity contribution in [3.05, 3.63) is 0 Å². The molecule has 6 atom stereocenters. The molecule has 0 aromatic rings. The predicted molar refractivity (Wildman–Crippen MR) is 120 cm³/mol. The summed E-state index contributed by atoms with van der Waals surface area (Å²) in [5.41, 5.74) is -1.82. The molecule has 0 aromatic heterocycles. The molecule has 1 rings (SSSR count). The number of nitrogens with one attached hydrogen (secondary N) is 2. The number of rotatable bonds is 10. The molecule has 12 heteroatoms. The van der Waals surface area contributed by atoms with Crippen molar-refractivity contribution in [2.24, 2.45) is 11.8 Å². The molecule has 6 unspecified atom stereocenters. The summed E-state index contributed by atoms with van der Waals surface area (Å²) >= 11 is 0. The smallest absolute Gasteiger partial charge is 0.407 e. The first kappa shape index (κ1) is 29.1. The molecule has 1 fully saturated rings. The van der Waals surface area contributed by atoms with E-state index in [-0.39, 0.29) is 6.42 Å². The van der Waals surface area contributed by atoms with Gasteiger partial charge in [-0.15, -0.1) is 0 Å². The average molecular weight is 495 g/mol. The van der Waals surface area contributed by atoms with E-state index in [1.54, 1.807) is 27.7 Å². The number of carboxylic acids is 1. The first-order valence-electron chi connectivity index (χ1n) is 10.9. The number of hydrogen-bond donors (Lipinski definition) is 3. The molecule has 0 radical (unpaired) electrons. The zero-order valence-corrected chi connectivity index (χ0v) is 21.4. The molecule has 33 heavy (non-hydrogen) atoms. The fraction of sp³-hybridized carbons (Fsp3) is 0.857. The minimum absolute atomic E-state index is 0.124. The zero-order chi connectivity index (χ0) is 25.8. The van der Waals surface area contributed by atoms with Crippen LogP contribution in [0, 0.1) is 11.8 Å².